The fourth-order valence-electron chi connectivity index (χ4n) is 1.56. The van der Waals surface area contributed by atoms with Crippen molar-refractivity contribution < 1.29 is 13.2 Å². The Bertz CT molecular complexity index is 719. The zero-order valence-corrected chi connectivity index (χ0v) is 11.8. The zero-order chi connectivity index (χ0) is 14.8. The minimum atomic E-state index is -3.70. The molecule has 2 aromatic rings. The molecule has 1 amide bonds. The molecule has 0 aliphatic rings. The van der Waals surface area contributed by atoms with Gasteiger partial charge in [0.15, 0.2) is 5.03 Å². The molecule has 106 valence electrons. The van der Waals surface area contributed by atoms with Crippen molar-refractivity contribution >= 4 is 27.3 Å². The number of rotatable bonds is 4. The average molecular weight is 294 g/mol. The smallest absolute Gasteiger partial charge is 0.280 e. The highest BCUT2D eigenvalue weighted by Gasteiger charge is 2.16. The lowest BCUT2D eigenvalue weighted by molar-refractivity contribution is -0.114. The molecule has 2 rings (SSSR count). The van der Waals surface area contributed by atoms with Gasteiger partial charge in [0.25, 0.3) is 10.0 Å². The summed E-state index contributed by atoms with van der Waals surface area (Å²) in [7, 11) is -2.01. The van der Waals surface area contributed by atoms with E-state index in [1.165, 1.54) is 19.4 Å². The maximum absolute atomic E-state index is 12.0. The standard InChI is InChI=1S/C12H14N4O3S/c1-9(17)14-10-3-5-11(6-4-10)15-20(18,19)12-7-16(2)8-13-12/h3-8,15H,1-2H3,(H,14,17). The number of benzene rings is 1. The van der Waals surface area contributed by atoms with Crippen LogP contribution in [0.5, 0.6) is 0 Å². The van der Waals surface area contributed by atoms with Crippen molar-refractivity contribution in [3.05, 3.63) is 36.8 Å². The van der Waals surface area contributed by atoms with Gasteiger partial charge < -0.3 is 9.88 Å². The average Bonchev–Trinajstić information content (AvgIpc) is 2.78. The summed E-state index contributed by atoms with van der Waals surface area (Å²) in [5.41, 5.74) is 0.989. The molecule has 1 heterocycles. The maximum Gasteiger partial charge on any atom is 0.280 e. The van der Waals surface area contributed by atoms with Crippen molar-refractivity contribution in [2.24, 2.45) is 7.05 Å². The van der Waals surface area contributed by atoms with Crippen LogP contribution in [-0.4, -0.2) is 23.9 Å². The van der Waals surface area contributed by atoms with E-state index < -0.39 is 10.0 Å². The quantitative estimate of drug-likeness (QED) is 0.885. The second kappa shape index (κ2) is 5.33. The normalized spacial score (nSPS) is 11.1. The molecular formula is C12H14N4O3S. The Morgan fingerprint density at radius 3 is 2.30 bits per heavy atom. The summed E-state index contributed by atoms with van der Waals surface area (Å²) in [4.78, 5) is 14.7. The third kappa shape index (κ3) is 3.35. The van der Waals surface area contributed by atoms with Crippen LogP contribution in [0.4, 0.5) is 11.4 Å². The maximum atomic E-state index is 12.0. The molecule has 0 spiro atoms. The molecule has 7 nitrogen and oxygen atoms in total. The fourth-order valence-corrected chi connectivity index (χ4v) is 2.60. The van der Waals surface area contributed by atoms with E-state index in [1.54, 1.807) is 35.9 Å². The highest BCUT2D eigenvalue weighted by Crippen LogP contribution is 2.17. The van der Waals surface area contributed by atoms with E-state index in [0.29, 0.717) is 11.4 Å². The summed E-state index contributed by atoms with van der Waals surface area (Å²) in [6.45, 7) is 1.40. The van der Waals surface area contributed by atoms with E-state index in [0.717, 1.165) is 0 Å². The van der Waals surface area contributed by atoms with Crippen molar-refractivity contribution in [3.8, 4) is 0 Å². The van der Waals surface area contributed by atoms with Crippen molar-refractivity contribution in [2.75, 3.05) is 10.0 Å². The van der Waals surface area contributed by atoms with E-state index in [-0.39, 0.29) is 10.9 Å². The second-order valence-electron chi connectivity index (χ2n) is 4.24. The van der Waals surface area contributed by atoms with Crippen LogP contribution in [0.25, 0.3) is 0 Å². The van der Waals surface area contributed by atoms with Gasteiger partial charge in [0, 0.05) is 31.5 Å². The van der Waals surface area contributed by atoms with E-state index in [1.807, 2.05) is 0 Å². The van der Waals surface area contributed by atoms with Crippen LogP contribution >= 0.6 is 0 Å². The third-order valence-electron chi connectivity index (χ3n) is 2.41. The molecule has 0 saturated heterocycles. The van der Waals surface area contributed by atoms with Crippen LogP contribution in [0.2, 0.25) is 0 Å². The number of aryl methyl sites for hydroxylation is 1. The lowest BCUT2D eigenvalue weighted by Crippen LogP contribution is -2.13. The summed E-state index contributed by atoms with van der Waals surface area (Å²) in [6, 6.07) is 6.34. The lowest BCUT2D eigenvalue weighted by atomic mass is 10.3. The van der Waals surface area contributed by atoms with Gasteiger partial charge in [-0.1, -0.05) is 0 Å². The molecule has 20 heavy (non-hydrogen) atoms. The van der Waals surface area contributed by atoms with Gasteiger partial charge in [0.1, 0.15) is 0 Å². The van der Waals surface area contributed by atoms with E-state index >= 15 is 0 Å². The Kier molecular flexibility index (Phi) is 3.75. The van der Waals surface area contributed by atoms with Gasteiger partial charge in [-0.3, -0.25) is 9.52 Å². The molecule has 0 radical (unpaired) electrons. The number of amides is 1. The minimum absolute atomic E-state index is 0.0501. The van der Waals surface area contributed by atoms with Crippen LogP contribution in [0.3, 0.4) is 0 Å². The summed E-state index contributed by atoms with van der Waals surface area (Å²) >= 11 is 0. The summed E-state index contributed by atoms with van der Waals surface area (Å²) in [6.07, 6.45) is 2.82. The molecular weight excluding hydrogens is 280 g/mol. The molecule has 0 fully saturated rings. The number of anilines is 2. The molecule has 1 aromatic heterocycles. The van der Waals surface area contributed by atoms with Crippen molar-refractivity contribution in [2.45, 2.75) is 11.9 Å². The Balaban J connectivity index is 2.15. The monoisotopic (exact) mass is 294 g/mol. The van der Waals surface area contributed by atoms with E-state index in [9.17, 15) is 13.2 Å². The summed E-state index contributed by atoms with van der Waals surface area (Å²) in [5.74, 6) is -0.188. The molecule has 1 aromatic carbocycles. The van der Waals surface area contributed by atoms with Crippen molar-refractivity contribution in [3.63, 3.8) is 0 Å². The van der Waals surface area contributed by atoms with Crippen LogP contribution in [-0.2, 0) is 21.9 Å². The zero-order valence-electron chi connectivity index (χ0n) is 11.0. The number of carbonyl (C=O) groups excluding carboxylic acids is 1. The van der Waals surface area contributed by atoms with Crippen LogP contribution < -0.4 is 10.0 Å². The Morgan fingerprint density at radius 2 is 1.80 bits per heavy atom. The third-order valence-corrected chi connectivity index (χ3v) is 3.68. The van der Waals surface area contributed by atoms with Crippen molar-refractivity contribution in [1.82, 2.24) is 9.55 Å². The van der Waals surface area contributed by atoms with Gasteiger partial charge in [-0.15, -0.1) is 0 Å². The number of nitrogens with zero attached hydrogens (tertiary/aromatic N) is 2. The Hall–Kier alpha value is -2.35. The van der Waals surface area contributed by atoms with E-state index in [4.69, 9.17) is 0 Å². The molecule has 2 N–H and O–H groups in total. The number of aromatic nitrogens is 2. The first-order chi connectivity index (χ1) is 9.37. The first-order valence-corrected chi connectivity index (χ1v) is 7.23. The predicted molar refractivity (Wildman–Crippen MR) is 74.8 cm³/mol. The van der Waals surface area contributed by atoms with Crippen LogP contribution in [0.15, 0.2) is 41.8 Å². The van der Waals surface area contributed by atoms with Crippen molar-refractivity contribution in [1.29, 1.82) is 0 Å². The summed E-state index contributed by atoms with van der Waals surface area (Å²) < 4.78 is 28.0. The topological polar surface area (TPSA) is 93.1 Å². The molecule has 0 saturated carbocycles. The molecule has 0 unspecified atom stereocenters. The van der Waals surface area contributed by atoms with E-state index in [2.05, 4.69) is 15.0 Å². The van der Waals surface area contributed by atoms with Crippen LogP contribution in [0.1, 0.15) is 6.92 Å². The molecule has 0 bridgehead atoms. The van der Waals surface area contributed by atoms with Gasteiger partial charge in [-0.2, -0.15) is 8.42 Å². The first kappa shape index (κ1) is 14.1. The predicted octanol–water partition coefficient (Wildman–Crippen LogP) is 1.18. The second-order valence-corrected chi connectivity index (χ2v) is 5.87. The largest absolute Gasteiger partial charge is 0.339 e. The highest BCUT2D eigenvalue weighted by molar-refractivity contribution is 7.92. The number of nitrogens with one attached hydrogen (secondary N) is 2. The van der Waals surface area contributed by atoms with Gasteiger partial charge >= 0.3 is 0 Å². The number of hydrogen-bond donors (Lipinski definition) is 2. The van der Waals surface area contributed by atoms with Gasteiger partial charge in [0.2, 0.25) is 5.91 Å². The number of hydrogen-bond acceptors (Lipinski definition) is 4. The Morgan fingerprint density at radius 1 is 1.20 bits per heavy atom. The molecule has 0 atom stereocenters. The minimum Gasteiger partial charge on any atom is -0.339 e. The van der Waals surface area contributed by atoms with Gasteiger partial charge in [0.05, 0.1) is 6.33 Å². The summed E-state index contributed by atoms with van der Waals surface area (Å²) in [5, 5.41) is 2.55. The molecule has 0 aliphatic heterocycles. The van der Waals surface area contributed by atoms with Gasteiger partial charge in [-0.05, 0) is 24.3 Å². The first-order valence-electron chi connectivity index (χ1n) is 5.75. The van der Waals surface area contributed by atoms with Crippen LogP contribution in [0, 0.1) is 0 Å². The van der Waals surface area contributed by atoms with Gasteiger partial charge in [-0.25, -0.2) is 4.98 Å². The molecule has 8 heteroatoms. The fraction of sp³-hybridized carbons (Fsp3) is 0.167. The Labute approximate surface area is 116 Å². The lowest BCUT2D eigenvalue weighted by Gasteiger charge is -2.07. The number of sulfonamides is 1. The number of carbonyl (C=O) groups is 1. The highest BCUT2D eigenvalue weighted by atomic mass is 32.2. The number of imidazole rings is 1. The molecule has 0 aliphatic carbocycles. The SMILES string of the molecule is CC(=O)Nc1ccc(NS(=O)(=O)c2cn(C)cn2)cc1.